The molecule has 0 radical (unpaired) electrons. The maximum absolute atomic E-state index is 13.0. The van der Waals surface area contributed by atoms with E-state index in [4.69, 9.17) is 4.42 Å². The number of hydrogen-bond donors (Lipinski definition) is 1. The predicted molar refractivity (Wildman–Crippen MR) is 96.0 cm³/mol. The summed E-state index contributed by atoms with van der Waals surface area (Å²) in [5.74, 6) is -0.757. The monoisotopic (exact) mass is 445 g/mol. The van der Waals surface area contributed by atoms with E-state index in [1.807, 2.05) is 5.32 Å². The lowest BCUT2D eigenvalue weighted by Crippen LogP contribution is -2.33. The summed E-state index contributed by atoms with van der Waals surface area (Å²) in [6.45, 7) is 1.22. The van der Waals surface area contributed by atoms with Crippen molar-refractivity contribution in [3.05, 3.63) is 70.2 Å². The van der Waals surface area contributed by atoms with Crippen molar-refractivity contribution in [2.45, 2.75) is 25.3 Å². The molecular formula is C19H13F6N3O3. The molecule has 31 heavy (non-hydrogen) atoms. The molecule has 6 nitrogen and oxygen atoms in total. The highest BCUT2D eigenvalue weighted by Gasteiger charge is 2.37. The number of amides is 1. The van der Waals surface area contributed by atoms with Crippen molar-refractivity contribution >= 4 is 11.6 Å². The Kier molecular flexibility index (Phi) is 5.66. The Hall–Kier alpha value is -3.57. The van der Waals surface area contributed by atoms with Crippen LogP contribution in [0.3, 0.4) is 0 Å². The number of halogens is 6. The molecular weight excluding hydrogens is 432 g/mol. The van der Waals surface area contributed by atoms with Gasteiger partial charge in [-0.1, -0.05) is 0 Å². The van der Waals surface area contributed by atoms with Crippen LogP contribution in [0.1, 0.15) is 24.1 Å². The molecule has 1 aromatic carbocycles. The molecule has 2 aromatic heterocycles. The topological polar surface area (TPSA) is 77.1 Å². The van der Waals surface area contributed by atoms with Crippen LogP contribution in [0.15, 0.2) is 57.9 Å². The van der Waals surface area contributed by atoms with Crippen molar-refractivity contribution < 1.29 is 35.6 Å². The van der Waals surface area contributed by atoms with Gasteiger partial charge < -0.3 is 9.73 Å². The molecule has 1 atom stereocenters. The largest absolute Gasteiger partial charge is 0.463 e. The molecule has 2 heterocycles. The third-order valence-electron chi connectivity index (χ3n) is 4.20. The molecule has 164 valence electrons. The lowest BCUT2D eigenvalue weighted by Gasteiger charge is -2.17. The second kappa shape index (κ2) is 7.93. The van der Waals surface area contributed by atoms with Crippen LogP contribution in [-0.2, 0) is 17.1 Å². The van der Waals surface area contributed by atoms with Gasteiger partial charge in [0.05, 0.1) is 17.4 Å². The number of carbonyl (C=O) groups excluding carboxylic acids is 1. The van der Waals surface area contributed by atoms with Crippen LogP contribution in [0, 0.1) is 0 Å². The van der Waals surface area contributed by atoms with E-state index in [0.717, 1.165) is 10.7 Å². The standard InChI is InChI=1S/C19H13F6N3O3/c1-10(28-16(29)5-4-14(27-28)15-3-2-6-31-15)17(30)26-13-8-11(18(20,21)22)7-12(9-13)19(23,24)25/h2-10H,1H3,(H,26,30). The molecule has 0 aliphatic rings. The maximum Gasteiger partial charge on any atom is 0.416 e. The fourth-order valence-electron chi connectivity index (χ4n) is 2.64. The molecule has 1 unspecified atom stereocenters. The first-order valence-electron chi connectivity index (χ1n) is 8.60. The van der Waals surface area contributed by atoms with E-state index in [1.165, 1.54) is 19.3 Å². The number of benzene rings is 1. The Morgan fingerprint density at radius 2 is 1.65 bits per heavy atom. The number of aromatic nitrogens is 2. The summed E-state index contributed by atoms with van der Waals surface area (Å²) >= 11 is 0. The molecule has 0 fully saturated rings. The highest BCUT2D eigenvalue weighted by atomic mass is 19.4. The van der Waals surface area contributed by atoms with Crippen LogP contribution in [0.25, 0.3) is 11.5 Å². The highest BCUT2D eigenvalue weighted by Crippen LogP contribution is 2.37. The average molecular weight is 445 g/mol. The van der Waals surface area contributed by atoms with Gasteiger partial charge in [0.15, 0.2) is 5.76 Å². The van der Waals surface area contributed by atoms with Gasteiger partial charge >= 0.3 is 12.4 Å². The summed E-state index contributed by atoms with van der Waals surface area (Å²) < 4.78 is 83.8. The van der Waals surface area contributed by atoms with E-state index >= 15 is 0 Å². The van der Waals surface area contributed by atoms with Crippen molar-refractivity contribution in [3.63, 3.8) is 0 Å². The quantitative estimate of drug-likeness (QED) is 0.589. The molecule has 1 amide bonds. The van der Waals surface area contributed by atoms with E-state index < -0.39 is 46.7 Å². The minimum Gasteiger partial charge on any atom is -0.463 e. The van der Waals surface area contributed by atoms with Gasteiger partial charge in [0.25, 0.3) is 5.56 Å². The molecule has 0 saturated carbocycles. The number of nitrogens with one attached hydrogen (secondary N) is 1. The van der Waals surface area contributed by atoms with Gasteiger partial charge in [0.2, 0.25) is 5.91 Å². The van der Waals surface area contributed by atoms with Gasteiger partial charge in [-0.05, 0) is 43.3 Å². The first-order chi connectivity index (χ1) is 14.4. The van der Waals surface area contributed by atoms with Gasteiger partial charge in [-0.3, -0.25) is 9.59 Å². The summed E-state index contributed by atoms with van der Waals surface area (Å²) in [6, 6.07) is 4.87. The summed E-state index contributed by atoms with van der Waals surface area (Å²) in [7, 11) is 0. The molecule has 0 bridgehead atoms. The highest BCUT2D eigenvalue weighted by molar-refractivity contribution is 5.93. The van der Waals surface area contributed by atoms with Crippen molar-refractivity contribution in [2.75, 3.05) is 5.32 Å². The molecule has 0 aliphatic carbocycles. The van der Waals surface area contributed by atoms with Gasteiger partial charge in [0, 0.05) is 11.8 Å². The SMILES string of the molecule is CC(C(=O)Nc1cc(C(F)(F)F)cc(C(F)(F)F)c1)n1nc(-c2ccco2)ccc1=O. The van der Waals surface area contributed by atoms with Crippen molar-refractivity contribution in [1.82, 2.24) is 9.78 Å². The van der Waals surface area contributed by atoms with Crippen molar-refractivity contribution in [3.8, 4) is 11.5 Å². The molecule has 0 spiro atoms. The Morgan fingerprint density at radius 1 is 1.03 bits per heavy atom. The summed E-state index contributed by atoms with van der Waals surface area (Å²) in [5, 5.41) is 5.97. The van der Waals surface area contributed by atoms with Crippen LogP contribution in [0.2, 0.25) is 0 Å². The number of nitrogens with zero attached hydrogens (tertiary/aromatic N) is 2. The van der Waals surface area contributed by atoms with Crippen LogP contribution in [0.5, 0.6) is 0 Å². The maximum atomic E-state index is 13.0. The third-order valence-corrected chi connectivity index (χ3v) is 4.20. The molecule has 12 heteroatoms. The van der Waals surface area contributed by atoms with Gasteiger partial charge in [0.1, 0.15) is 11.7 Å². The van der Waals surface area contributed by atoms with E-state index in [0.29, 0.717) is 12.1 Å². The molecule has 3 rings (SSSR count). The van der Waals surface area contributed by atoms with Crippen LogP contribution < -0.4 is 10.9 Å². The summed E-state index contributed by atoms with van der Waals surface area (Å²) in [4.78, 5) is 24.6. The van der Waals surface area contributed by atoms with Gasteiger partial charge in [-0.25, -0.2) is 4.68 Å². The van der Waals surface area contributed by atoms with Crippen molar-refractivity contribution in [2.24, 2.45) is 0 Å². The lowest BCUT2D eigenvalue weighted by molar-refractivity contribution is -0.143. The molecule has 1 N–H and O–H groups in total. The third kappa shape index (κ3) is 4.95. The normalized spacial score (nSPS) is 13.1. The minimum atomic E-state index is -5.07. The average Bonchev–Trinajstić information content (AvgIpc) is 3.21. The Morgan fingerprint density at radius 3 is 2.16 bits per heavy atom. The molecule has 3 aromatic rings. The number of hydrogen-bond acceptors (Lipinski definition) is 4. The Balaban J connectivity index is 1.93. The van der Waals surface area contributed by atoms with Crippen LogP contribution in [0.4, 0.5) is 32.0 Å². The molecule has 0 aliphatic heterocycles. The smallest absolute Gasteiger partial charge is 0.416 e. The van der Waals surface area contributed by atoms with E-state index in [-0.39, 0.29) is 17.5 Å². The fraction of sp³-hybridized carbons (Fsp3) is 0.211. The Labute approximate surface area is 170 Å². The number of anilines is 1. The number of carbonyl (C=O) groups is 1. The van der Waals surface area contributed by atoms with Gasteiger partial charge in [-0.15, -0.1) is 0 Å². The summed E-state index contributed by atoms with van der Waals surface area (Å²) in [5.41, 5.74) is -4.41. The first-order valence-corrected chi connectivity index (χ1v) is 8.60. The second-order valence-electron chi connectivity index (χ2n) is 6.44. The zero-order valence-corrected chi connectivity index (χ0v) is 15.6. The Bertz CT molecular complexity index is 1120. The number of furan rings is 1. The van der Waals surface area contributed by atoms with Gasteiger partial charge in [-0.2, -0.15) is 31.4 Å². The first kappa shape index (κ1) is 22.1. The zero-order valence-electron chi connectivity index (χ0n) is 15.6. The van der Waals surface area contributed by atoms with Crippen molar-refractivity contribution in [1.29, 1.82) is 0 Å². The van der Waals surface area contributed by atoms with E-state index in [2.05, 4.69) is 5.10 Å². The molecule has 0 saturated heterocycles. The number of rotatable bonds is 4. The van der Waals surface area contributed by atoms with Crippen LogP contribution in [-0.4, -0.2) is 15.7 Å². The minimum absolute atomic E-state index is 0.0576. The van der Waals surface area contributed by atoms with E-state index in [9.17, 15) is 35.9 Å². The zero-order chi connectivity index (χ0) is 23.0. The fourth-order valence-corrected chi connectivity index (χ4v) is 2.64. The van der Waals surface area contributed by atoms with Crippen LogP contribution >= 0.6 is 0 Å². The second-order valence-corrected chi connectivity index (χ2v) is 6.44. The summed E-state index contributed by atoms with van der Waals surface area (Å²) in [6.07, 6.45) is -8.78. The van der Waals surface area contributed by atoms with E-state index in [1.54, 1.807) is 12.1 Å². The predicted octanol–water partition coefficient (Wildman–Crippen LogP) is 4.74. The lowest BCUT2D eigenvalue weighted by atomic mass is 10.1. The number of alkyl halides is 6.